The van der Waals surface area contributed by atoms with Crippen molar-refractivity contribution in [3.05, 3.63) is 48.4 Å². The molecule has 1 aromatic carbocycles. The van der Waals surface area contributed by atoms with Crippen LogP contribution in [0.3, 0.4) is 0 Å². The Hall–Kier alpha value is -2.92. The van der Waals surface area contributed by atoms with Gasteiger partial charge in [-0.1, -0.05) is 30.3 Å². The number of nitrogens with one attached hydrogen (secondary N) is 1. The number of sulfonamides is 1. The summed E-state index contributed by atoms with van der Waals surface area (Å²) in [5, 5.41) is 2.44. The number of hydrogen-bond donors (Lipinski definition) is 1. The minimum Gasteiger partial charge on any atom is -0.445 e. The van der Waals surface area contributed by atoms with E-state index in [0.29, 0.717) is 19.5 Å². The van der Waals surface area contributed by atoms with Gasteiger partial charge < -0.3 is 19.5 Å². The normalized spacial score (nSPS) is 15.4. The van der Waals surface area contributed by atoms with Crippen molar-refractivity contribution in [3.63, 3.8) is 0 Å². The summed E-state index contributed by atoms with van der Waals surface area (Å²) < 4.78 is 33.4. The molecule has 0 unspecified atom stereocenters. The van der Waals surface area contributed by atoms with Gasteiger partial charge >= 0.3 is 6.09 Å². The Morgan fingerprint density at radius 1 is 1.13 bits per heavy atom. The van der Waals surface area contributed by atoms with Crippen LogP contribution in [0.1, 0.15) is 12.0 Å². The number of hydrogen-bond acceptors (Lipinski definition) is 6. The molecule has 0 atom stereocenters. The molecule has 0 bridgehead atoms. The standard InChI is InChI=1S/C19H25N5O5S/c1-22-13-17(21-15-22)30(27,28)24-9-5-8-23(10-11-24)18(25)12-20-19(26)29-14-16-6-3-2-4-7-16/h2-4,6-7,13,15H,5,8-12,14H2,1H3,(H,20,26). The van der Waals surface area contributed by atoms with Crippen LogP contribution in [0.15, 0.2) is 47.9 Å². The van der Waals surface area contributed by atoms with Gasteiger partial charge in [-0.2, -0.15) is 4.31 Å². The van der Waals surface area contributed by atoms with Crippen molar-refractivity contribution in [1.82, 2.24) is 24.1 Å². The zero-order chi connectivity index (χ0) is 21.6. The van der Waals surface area contributed by atoms with E-state index >= 15 is 0 Å². The molecule has 0 aliphatic carbocycles. The molecule has 11 heteroatoms. The molecular weight excluding hydrogens is 410 g/mol. The van der Waals surface area contributed by atoms with E-state index in [0.717, 1.165) is 5.56 Å². The van der Waals surface area contributed by atoms with Crippen molar-refractivity contribution >= 4 is 22.0 Å². The molecule has 0 saturated carbocycles. The molecule has 2 aromatic rings. The van der Waals surface area contributed by atoms with E-state index in [9.17, 15) is 18.0 Å². The van der Waals surface area contributed by atoms with Crippen molar-refractivity contribution in [3.8, 4) is 0 Å². The molecule has 30 heavy (non-hydrogen) atoms. The van der Waals surface area contributed by atoms with Crippen LogP contribution in [-0.2, 0) is 33.2 Å². The summed E-state index contributed by atoms with van der Waals surface area (Å²) in [7, 11) is -2.00. The largest absolute Gasteiger partial charge is 0.445 e. The first-order valence-electron chi connectivity index (χ1n) is 9.57. The highest BCUT2D eigenvalue weighted by molar-refractivity contribution is 7.89. The summed E-state index contributed by atoms with van der Waals surface area (Å²) >= 11 is 0. The monoisotopic (exact) mass is 435 g/mol. The fraction of sp³-hybridized carbons (Fsp3) is 0.421. The molecule has 1 aliphatic heterocycles. The molecule has 1 aromatic heterocycles. The molecule has 2 amide bonds. The zero-order valence-corrected chi connectivity index (χ0v) is 17.5. The van der Waals surface area contributed by atoms with Gasteiger partial charge in [-0.05, 0) is 12.0 Å². The lowest BCUT2D eigenvalue weighted by molar-refractivity contribution is -0.130. The predicted octanol–water partition coefficient (Wildman–Crippen LogP) is 0.570. The number of benzene rings is 1. The van der Waals surface area contributed by atoms with Crippen LogP contribution in [0.5, 0.6) is 0 Å². The van der Waals surface area contributed by atoms with Crippen molar-refractivity contribution in [1.29, 1.82) is 0 Å². The van der Waals surface area contributed by atoms with E-state index < -0.39 is 16.1 Å². The number of imidazole rings is 1. The van der Waals surface area contributed by atoms with Crippen molar-refractivity contribution < 1.29 is 22.7 Å². The first-order valence-corrected chi connectivity index (χ1v) is 11.0. The number of ether oxygens (including phenoxy) is 1. The van der Waals surface area contributed by atoms with Crippen molar-refractivity contribution in [2.24, 2.45) is 7.05 Å². The van der Waals surface area contributed by atoms with Gasteiger partial charge in [0.1, 0.15) is 13.2 Å². The summed E-state index contributed by atoms with van der Waals surface area (Å²) in [5.74, 6) is -0.288. The van der Waals surface area contributed by atoms with E-state index in [2.05, 4.69) is 10.3 Å². The van der Waals surface area contributed by atoms with Gasteiger partial charge in [-0.15, -0.1) is 0 Å². The number of aryl methyl sites for hydroxylation is 1. The Balaban J connectivity index is 1.46. The summed E-state index contributed by atoms with van der Waals surface area (Å²) in [5.41, 5.74) is 0.848. The lowest BCUT2D eigenvalue weighted by atomic mass is 10.2. The van der Waals surface area contributed by atoms with Gasteiger partial charge in [0.25, 0.3) is 10.0 Å². The van der Waals surface area contributed by atoms with E-state index in [4.69, 9.17) is 4.74 Å². The molecule has 2 heterocycles. The molecule has 0 spiro atoms. The molecule has 1 fully saturated rings. The lowest BCUT2D eigenvalue weighted by Crippen LogP contribution is -2.42. The Bertz CT molecular complexity index is 976. The van der Waals surface area contributed by atoms with Gasteiger partial charge in [-0.3, -0.25) is 4.79 Å². The number of aromatic nitrogens is 2. The van der Waals surface area contributed by atoms with Gasteiger partial charge in [0.2, 0.25) is 5.91 Å². The number of amides is 2. The maximum atomic E-state index is 12.7. The highest BCUT2D eigenvalue weighted by Crippen LogP contribution is 2.15. The van der Waals surface area contributed by atoms with Gasteiger partial charge in [0.05, 0.1) is 6.33 Å². The fourth-order valence-electron chi connectivity index (χ4n) is 3.07. The summed E-state index contributed by atoms with van der Waals surface area (Å²) in [4.78, 5) is 29.7. The highest BCUT2D eigenvalue weighted by Gasteiger charge is 2.29. The second-order valence-electron chi connectivity index (χ2n) is 6.93. The zero-order valence-electron chi connectivity index (χ0n) is 16.7. The van der Waals surface area contributed by atoms with Crippen molar-refractivity contribution in [2.75, 3.05) is 32.7 Å². The Morgan fingerprint density at radius 2 is 1.90 bits per heavy atom. The summed E-state index contributed by atoms with van der Waals surface area (Å²) in [6.45, 7) is 1.03. The molecule has 0 radical (unpaired) electrons. The van der Waals surface area contributed by atoms with Crippen LogP contribution in [-0.4, -0.2) is 71.9 Å². The van der Waals surface area contributed by atoms with E-state index in [1.807, 2.05) is 30.3 Å². The van der Waals surface area contributed by atoms with Gasteiger partial charge in [0, 0.05) is 39.4 Å². The minimum absolute atomic E-state index is 0.00685. The number of carbonyl (C=O) groups excluding carboxylic acids is 2. The Kier molecular flexibility index (Phi) is 7.06. The maximum absolute atomic E-state index is 12.7. The lowest BCUT2D eigenvalue weighted by Gasteiger charge is -2.21. The second kappa shape index (κ2) is 9.72. The maximum Gasteiger partial charge on any atom is 0.407 e. The van der Waals surface area contributed by atoms with Crippen LogP contribution >= 0.6 is 0 Å². The third-order valence-electron chi connectivity index (χ3n) is 4.69. The molecule has 162 valence electrons. The van der Waals surface area contributed by atoms with Gasteiger partial charge in [0.15, 0.2) is 5.03 Å². The molecular formula is C19H25N5O5S. The number of carbonyl (C=O) groups is 2. The highest BCUT2D eigenvalue weighted by atomic mass is 32.2. The first kappa shape index (κ1) is 21.8. The average Bonchev–Trinajstić information content (AvgIpc) is 3.03. The van der Waals surface area contributed by atoms with Crippen LogP contribution < -0.4 is 5.32 Å². The topological polar surface area (TPSA) is 114 Å². The second-order valence-corrected chi connectivity index (χ2v) is 8.82. The van der Waals surface area contributed by atoms with E-state index in [-0.39, 0.29) is 37.2 Å². The molecule has 1 saturated heterocycles. The van der Waals surface area contributed by atoms with Gasteiger partial charge in [-0.25, -0.2) is 18.2 Å². The quantitative estimate of drug-likeness (QED) is 0.710. The summed E-state index contributed by atoms with van der Waals surface area (Å²) in [6, 6.07) is 9.22. The first-order chi connectivity index (χ1) is 14.4. The number of nitrogens with zero attached hydrogens (tertiary/aromatic N) is 4. The molecule has 3 rings (SSSR count). The third kappa shape index (κ3) is 5.57. The molecule has 1 aliphatic rings. The average molecular weight is 436 g/mol. The van der Waals surface area contributed by atoms with E-state index in [1.54, 1.807) is 16.5 Å². The number of rotatable bonds is 6. The van der Waals surface area contributed by atoms with Crippen LogP contribution in [0, 0.1) is 0 Å². The Labute approximate surface area is 175 Å². The smallest absolute Gasteiger partial charge is 0.407 e. The predicted molar refractivity (Wildman–Crippen MR) is 108 cm³/mol. The number of alkyl carbamates (subject to hydrolysis) is 1. The molecule has 10 nitrogen and oxygen atoms in total. The fourth-order valence-corrected chi connectivity index (χ4v) is 4.51. The molecule has 1 N–H and O–H groups in total. The minimum atomic E-state index is -3.70. The van der Waals surface area contributed by atoms with Crippen LogP contribution in [0.2, 0.25) is 0 Å². The summed E-state index contributed by atoms with van der Waals surface area (Å²) in [6.07, 6.45) is 2.70. The third-order valence-corrected chi connectivity index (χ3v) is 6.47. The van der Waals surface area contributed by atoms with Crippen molar-refractivity contribution in [2.45, 2.75) is 18.1 Å². The van der Waals surface area contributed by atoms with Crippen LogP contribution in [0.4, 0.5) is 4.79 Å². The van der Waals surface area contributed by atoms with Crippen LogP contribution in [0.25, 0.3) is 0 Å². The SMILES string of the molecule is Cn1cnc(S(=O)(=O)N2CCCN(C(=O)CNC(=O)OCc3ccccc3)CC2)c1. The van der Waals surface area contributed by atoms with E-state index in [1.165, 1.54) is 16.8 Å². The Morgan fingerprint density at radius 3 is 2.60 bits per heavy atom.